The molecule has 9 nitrogen and oxygen atoms in total. The maximum atomic E-state index is 13.3. The fourth-order valence-corrected chi connectivity index (χ4v) is 3.84. The summed E-state index contributed by atoms with van der Waals surface area (Å²) in [6.07, 6.45) is 0.832. The Balaban J connectivity index is 1.22. The molecule has 1 saturated carbocycles. The Bertz CT molecular complexity index is 1640. The largest absolute Gasteiger partial charge is 0.431 e. The van der Waals surface area contributed by atoms with E-state index in [0.29, 0.717) is 34.8 Å². The zero-order valence-corrected chi connectivity index (χ0v) is 18.4. The standard InChI is InChI=1S/C25H17FN6O3/c1-12-2-3-13(22-31-25(35-32-22)17-9-18(17)26)8-20(12)30-23(33)21-11-28-24(34-21)14-4-5-19-15(6-14)7-16(10-27)29-19/h2-8,11,17-18,29H,9H2,1H3,(H,30,33)/t17-,18-/m0/s1. The van der Waals surface area contributed by atoms with Gasteiger partial charge in [-0.25, -0.2) is 9.37 Å². The number of H-pyrrole nitrogens is 1. The van der Waals surface area contributed by atoms with Crippen LogP contribution in [0.15, 0.2) is 57.6 Å². The van der Waals surface area contributed by atoms with Gasteiger partial charge in [-0.2, -0.15) is 10.2 Å². The first kappa shape index (κ1) is 20.8. The Morgan fingerprint density at radius 3 is 2.86 bits per heavy atom. The molecule has 1 fully saturated rings. The number of carbonyl (C=O) groups is 1. The van der Waals surface area contributed by atoms with Crippen LogP contribution in [0.25, 0.3) is 33.7 Å². The summed E-state index contributed by atoms with van der Waals surface area (Å²) < 4.78 is 24.2. The second-order valence-electron chi connectivity index (χ2n) is 8.42. The highest BCUT2D eigenvalue weighted by molar-refractivity contribution is 6.03. The van der Waals surface area contributed by atoms with Gasteiger partial charge in [0.2, 0.25) is 23.4 Å². The average Bonchev–Trinajstić information content (AvgIpc) is 3.32. The van der Waals surface area contributed by atoms with Gasteiger partial charge in [-0.3, -0.25) is 4.79 Å². The number of alkyl halides is 1. The molecule has 2 atom stereocenters. The van der Waals surface area contributed by atoms with Crippen LogP contribution in [0.3, 0.4) is 0 Å². The number of nitrogens with zero attached hydrogens (tertiary/aromatic N) is 4. The molecule has 0 bridgehead atoms. The molecule has 0 saturated heterocycles. The summed E-state index contributed by atoms with van der Waals surface area (Å²) in [5, 5.41) is 16.7. The molecule has 2 N–H and O–H groups in total. The number of amides is 1. The maximum Gasteiger partial charge on any atom is 0.293 e. The van der Waals surface area contributed by atoms with Crippen LogP contribution in [0, 0.1) is 18.3 Å². The molecule has 5 aromatic rings. The lowest BCUT2D eigenvalue weighted by Gasteiger charge is -2.08. The van der Waals surface area contributed by atoms with Crippen LogP contribution in [0.4, 0.5) is 10.1 Å². The number of hydrogen-bond donors (Lipinski definition) is 2. The Kier molecular flexibility index (Phi) is 4.70. The van der Waals surface area contributed by atoms with E-state index in [4.69, 9.17) is 14.2 Å². The van der Waals surface area contributed by atoms with E-state index in [1.807, 2.05) is 25.1 Å². The number of aromatic amines is 1. The first-order valence-corrected chi connectivity index (χ1v) is 10.9. The average molecular weight is 468 g/mol. The van der Waals surface area contributed by atoms with Crippen molar-refractivity contribution in [2.75, 3.05) is 5.32 Å². The molecule has 10 heteroatoms. The molecule has 0 unspecified atom stereocenters. The molecule has 3 heterocycles. The van der Waals surface area contributed by atoms with Crippen molar-refractivity contribution < 1.29 is 18.1 Å². The molecular weight excluding hydrogens is 451 g/mol. The van der Waals surface area contributed by atoms with Crippen LogP contribution >= 0.6 is 0 Å². The van der Waals surface area contributed by atoms with Gasteiger partial charge in [0.25, 0.3) is 5.91 Å². The van der Waals surface area contributed by atoms with E-state index >= 15 is 0 Å². The van der Waals surface area contributed by atoms with Crippen LogP contribution < -0.4 is 5.32 Å². The van der Waals surface area contributed by atoms with Crippen LogP contribution in [-0.4, -0.2) is 32.2 Å². The Hall–Kier alpha value is -4.78. The molecule has 0 aliphatic heterocycles. The molecule has 0 radical (unpaired) electrons. The highest BCUT2D eigenvalue weighted by Gasteiger charge is 2.43. The minimum absolute atomic E-state index is 0.0428. The second kappa shape index (κ2) is 7.92. The van der Waals surface area contributed by atoms with Gasteiger partial charge in [0, 0.05) is 27.7 Å². The maximum absolute atomic E-state index is 13.3. The lowest BCUT2D eigenvalue weighted by Crippen LogP contribution is -2.12. The van der Waals surface area contributed by atoms with Crippen molar-refractivity contribution in [3.05, 3.63) is 71.6 Å². The van der Waals surface area contributed by atoms with Crippen LogP contribution in [-0.2, 0) is 0 Å². The van der Waals surface area contributed by atoms with Crippen molar-refractivity contribution in [2.45, 2.75) is 25.4 Å². The molecule has 6 rings (SSSR count). The molecule has 35 heavy (non-hydrogen) atoms. The van der Waals surface area contributed by atoms with E-state index in [-0.39, 0.29) is 23.5 Å². The molecule has 1 aliphatic carbocycles. The lowest BCUT2D eigenvalue weighted by molar-refractivity contribution is 0.0997. The predicted molar refractivity (Wildman–Crippen MR) is 123 cm³/mol. The lowest BCUT2D eigenvalue weighted by atomic mass is 10.1. The second-order valence-corrected chi connectivity index (χ2v) is 8.42. The quantitative estimate of drug-likeness (QED) is 0.365. The number of aryl methyl sites for hydroxylation is 1. The van der Waals surface area contributed by atoms with Crippen LogP contribution in [0.5, 0.6) is 0 Å². The highest BCUT2D eigenvalue weighted by atomic mass is 19.1. The van der Waals surface area contributed by atoms with Gasteiger partial charge >= 0.3 is 0 Å². The Morgan fingerprint density at radius 2 is 2.06 bits per heavy atom. The summed E-state index contributed by atoms with van der Waals surface area (Å²) >= 11 is 0. The summed E-state index contributed by atoms with van der Waals surface area (Å²) in [6.45, 7) is 1.85. The van der Waals surface area contributed by atoms with Gasteiger partial charge in [0.05, 0.1) is 12.1 Å². The van der Waals surface area contributed by atoms with E-state index in [2.05, 4.69) is 31.5 Å². The van der Waals surface area contributed by atoms with Crippen molar-refractivity contribution in [3.8, 4) is 28.9 Å². The van der Waals surface area contributed by atoms with Gasteiger partial charge < -0.3 is 19.2 Å². The number of rotatable bonds is 5. The first-order valence-electron chi connectivity index (χ1n) is 10.9. The molecule has 1 aliphatic rings. The van der Waals surface area contributed by atoms with Crippen molar-refractivity contribution in [3.63, 3.8) is 0 Å². The van der Waals surface area contributed by atoms with E-state index in [1.54, 1.807) is 24.3 Å². The third-order valence-corrected chi connectivity index (χ3v) is 5.93. The fourth-order valence-electron chi connectivity index (χ4n) is 3.84. The topological polar surface area (TPSA) is 134 Å². The molecule has 3 aromatic heterocycles. The highest BCUT2D eigenvalue weighted by Crippen LogP contribution is 2.43. The molecule has 2 aromatic carbocycles. The summed E-state index contributed by atoms with van der Waals surface area (Å²) in [4.78, 5) is 24.4. The number of nitriles is 1. The zero-order valence-electron chi connectivity index (χ0n) is 18.4. The first-order chi connectivity index (χ1) is 17.0. The van der Waals surface area contributed by atoms with E-state index in [9.17, 15) is 9.18 Å². The number of oxazole rings is 1. The number of carbonyl (C=O) groups excluding carboxylic acids is 1. The summed E-state index contributed by atoms with van der Waals surface area (Å²) in [6, 6.07) is 14.6. The summed E-state index contributed by atoms with van der Waals surface area (Å²) in [5.74, 6) is 0.151. The van der Waals surface area contributed by atoms with Gasteiger partial charge in [-0.15, -0.1) is 0 Å². The van der Waals surface area contributed by atoms with Gasteiger partial charge in [-0.1, -0.05) is 17.3 Å². The number of nitrogens with one attached hydrogen (secondary N) is 2. The van der Waals surface area contributed by atoms with Crippen molar-refractivity contribution >= 4 is 22.5 Å². The Labute approximate surface area is 197 Å². The monoisotopic (exact) mass is 468 g/mol. The van der Waals surface area contributed by atoms with Crippen molar-refractivity contribution in [1.29, 1.82) is 5.26 Å². The number of anilines is 1. The minimum Gasteiger partial charge on any atom is -0.431 e. The molecular formula is C25H17FN6O3. The number of hydrogen-bond acceptors (Lipinski definition) is 7. The Morgan fingerprint density at radius 1 is 1.23 bits per heavy atom. The number of fused-ring (bicyclic) bond motifs is 1. The normalized spacial score (nSPS) is 16.8. The summed E-state index contributed by atoms with van der Waals surface area (Å²) in [5.41, 5.74) is 3.95. The van der Waals surface area contributed by atoms with Crippen LogP contribution in [0.1, 0.15) is 40.0 Å². The van der Waals surface area contributed by atoms with Crippen molar-refractivity contribution in [1.82, 2.24) is 20.1 Å². The third kappa shape index (κ3) is 3.83. The van der Waals surface area contributed by atoms with E-state index in [0.717, 1.165) is 16.5 Å². The predicted octanol–water partition coefficient (Wildman–Crippen LogP) is 5.13. The smallest absolute Gasteiger partial charge is 0.293 e. The fraction of sp³-hybridized carbons (Fsp3) is 0.160. The number of benzene rings is 2. The van der Waals surface area contributed by atoms with Gasteiger partial charge in [0.15, 0.2) is 0 Å². The third-order valence-electron chi connectivity index (χ3n) is 5.93. The van der Waals surface area contributed by atoms with E-state index < -0.39 is 12.1 Å². The van der Waals surface area contributed by atoms with Gasteiger partial charge in [-0.05, 0) is 49.2 Å². The number of halogens is 1. The molecule has 1 amide bonds. The van der Waals surface area contributed by atoms with Gasteiger partial charge in [0.1, 0.15) is 17.9 Å². The van der Waals surface area contributed by atoms with Crippen LogP contribution in [0.2, 0.25) is 0 Å². The summed E-state index contributed by atoms with van der Waals surface area (Å²) in [7, 11) is 0. The number of aromatic nitrogens is 4. The zero-order chi connectivity index (χ0) is 24.1. The minimum atomic E-state index is -0.928. The molecule has 172 valence electrons. The van der Waals surface area contributed by atoms with E-state index in [1.165, 1.54) is 6.20 Å². The van der Waals surface area contributed by atoms with Crippen molar-refractivity contribution in [2.24, 2.45) is 0 Å². The SMILES string of the molecule is Cc1ccc(-c2noc([C@H]3C[C@@H]3F)n2)cc1NC(=O)c1cnc(-c2ccc3[nH]c(C#N)cc3c2)o1. The molecule has 0 spiro atoms.